The van der Waals surface area contributed by atoms with E-state index in [4.69, 9.17) is 0 Å². The zero-order valence-electron chi connectivity index (χ0n) is 4.80. The van der Waals surface area contributed by atoms with Gasteiger partial charge in [0, 0.05) is 37.6 Å². The molecule has 3 aliphatic heterocycles. The fourth-order valence-corrected chi connectivity index (χ4v) is 2.37. The maximum Gasteiger partial charge on any atom is 0.0355 e. The molecule has 0 aromatic heterocycles. The highest BCUT2D eigenvalue weighted by molar-refractivity contribution is 5.14. The zero-order valence-corrected chi connectivity index (χ0v) is 4.80. The minimum Gasteiger partial charge on any atom is -0.311 e. The first kappa shape index (κ1) is 3.85. The lowest BCUT2D eigenvalue weighted by Gasteiger charge is -2.55. The average Bonchev–Trinajstić information content (AvgIpc) is 2.02. The Morgan fingerprint density at radius 3 is 3.00 bits per heavy atom. The summed E-state index contributed by atoms with van der Waals surface area (Å²) in [5.41, 5.74) is 0. The normalized spacial score (nSPS) is 59.2. The summed E-state index contributed by atoms with van der Waals surface area (Å²) >= 11 is 0. The zero-order chi connectivity index (χ0) is 5.14. The number of rotatable bonds is 0. The van der Waals surface area contributed by atoms with E-state index in [1.54, 1.807) is 0 Å². The second-order valence-corrected chi connectivity index (χ2v) is 3.22. The van der Waals surface area contributed by atoms with Crippen LogP contribution in [0.25, 0.3) is 0 Å². The van der Waals surface area contributed by atoms with Crippen LogP contribution >= 0.6 is 0 Å². The second kappa shape index (κ2) is 0.957. The van der Waals surface area contributed by atoms with Crippen molar-refractivity contribution in [2.24, 2.45) is 5.92 Å². The molecule has 3 unspecified atom stereocenters. The Morgan fingerprint density at radius 1 is 1.38 bits per heavy atom. The number of piperidine rings is 1. The molecule has 3 fully saturated rings. The summed E-state index contributed by atoms with van der Waals surface area (Å²) in [6.07, 6.45) is 0. The predicted molar refractivity (Wildman–Crippen MR) is 30.6 cm³/mol. The lowest BCUT2D eigenvalue weighted by Crippen LogP contribution is -2.71. The molecule has 0 saturated carbocycles. The van der Waals surface area contributed by atoms with Gasteiger partial charge < -0.3 is 5.32 Å². The fraction of sp³-hybridized carbons (Fsp3) is 1.00. The van der Waals surface area contributed by atoms with Crippen LogP contribution in [0.3, 0.4) is 0 Å². The second-order valence-electron chi connectivity index (χ2n) is 3.22. The predicted octanol–water partition coefficient (Wildman–Crippen LogP) is -0.728. The van der Waals surface area contributed by atoms with Crippen LogP contribution in [0.2, 0.25) is 0 Å². The topological polar surface area (TPSA) is 15.3 Å². The summed E-state index contributed by atoms with van der Waals surface area (Å²) in [6.45, 7) is 4.02. The van der Waals surface area contributed by atoms with E-state index >= 15 is 0 Å². The van der Waals surface area contributed by atoms with Crippen molar-refractivity contribution in [1.82, 2.24) is 10.2 Å². The van der Waals surface area contributed by atoms with Gasteiger partial charge in [-0.25, -0.2) is 0 Å². The standard InChI is InChI=1S/C6H10N2/c1-4-2-8-3-5(7-1)6(4)8/h4-7H,1-3H2. The largest absolute Gasteiger partial charge is 0.311 e. The van der Waals surface area contributed by atoms with Crippen molar-refractivity contribution in [1.29, 1.82) is 0 Å². The van der Waals surface area contributed by atoms with Crippen molar-refractivity contribution in [3.05, 3.63) is 0 Å². The molecule has 0 bridgehead atoms. The molecule has 1 N–H and O–H groups in total. The molecule has 3 heterocycles. The van der Waals surface area contributed by atoms with E-state index in [9.17, 15) is 0 Å². The Balaban J connectivity index is 1.96. The highest BCUT2D eigenvalue weighted by Gasteiger charge is 2.55. The van der Waals surface area contributed by atoms with E-state index < -0.39 is 0 Å². The van der Waals surface area contributed by atoms with Gasteiger partial charge in [0.1, 0.15) is 0 Å². The van der Waals surface area contributed by atoms with Crippen molar-refractivity contribution in [3.8, 4) is 0 Å². The third kappa shape index (κ3) is 0.231. The van der Waals surface area contributed by atoms with Gasteiger partial charge in [-0.3, -0.25) is 4.90 Å². The third-order valence-electron chi connectivity index (χ3n) is 2.86. The molecule has 3 saturated heterocycles. The third-order valence-corrected chi connectivity index (χ3v) is 2.86. The fourth-order valence-electron chi connectivity index (χ4n) is 2.37. The minimum atomic E-state index is 0.897. The van der Waals surface area contributed by atoms with E-state index in [0.717, 1.165) is 18.0 Å². The molecule has 0 radical (unpaired) electrons. The Bertz CT molecular complexity index is 116. The van der Waals surface area contributed by atoms with Gasteiger partial charge in [0.25, 0.3) is 0 Å². The molecular formula is C6H10N2. The SMILES string of the molecule is C1NC2CN3CC1C23. The monoisotopic (exact) mass is 110 g/mol. The van der Waals surface area contributed by atoms with Gasteiger partial charge in [-0.15, -0.1) is 0 Å². The number of nitrogens with one attached hydrogen (secondary N) is 1. The van der Waals surface area contributed by atoms with Gasteiger partial charge in [0.15, 0.2) is 0 Å². The van der Waals surface area contributed by atoms with E-state index in [2.05, 4.69) is 10.2 Å². The van der Waals surface area contributed by atoms with Gasteiger partial charge >= 0.3 is 0 Å². The summed E-state index contributed by atoms with van der Waals surface area (Å²) in [6, 6.07) is 1.88. The molecule has 2 nitrogen and oxygen atoms in total. The summed E-state index contributed by atoms with van der Waals surface area (Å²) in [5.74, 6) is 1.04. The lowest BCUT2D eigenvalue weighted by atomic mass is 9.80. The molecule has 0 amide bonds. The maximum absolute atomic E-state index is 3.51. The Hall–Kier alpha value is -0.0800. The van der Waals surface area contributed by atoms with Crippen LogP contribution in [0.1, 0.15) is 0 Å². The first-order valence-corrected chi connectivity index (χ1v) is 3.42. The number of nitrogens with zero attached hydrogens (tertiary/aromatic N) is 1. The first-order valence-electron chi connectivity index (χ1n) is 3.42. The quantitative estimate of drug-likeness (QED) is 0.442. The van der Waals surface area contributed by atoms with Crippen molar-refractivity contribution in [2.75, 3.05) is 19.6 Å². The van der Waals surface area contributed by atoms with Gasteiger partial charge in [-0.2, -0.15) is 0 Å². The molecule has 0 aromatic carbocycles. The average molecular weight is 110 g/mol. The molecule has 3 rings (SSSR count). The van der Waals surface area contributed by atoms with Crippen LogP contribution in [0.4, 0.5) is 0 Å². The van der Waals surface area contributed by atoms with E-state index in [0.29, 0.717) is 0 Å². The molecular weight excluding hydrogens is 100 g/mol. The van der Waals surface area contributed by atoms with Crippen LogP contribution in [0.5, 0.6) is 0 Å². The van der Waals surface area contributed by atoms with Crippen LogP contribution in [-0.2, 0) is 0 Å². The summed E-state index contributed by atoms with van der Waals surface area (Å²) < 4.78 is 0. The smallest absolute Gasteiger partial charge is 0.0355 e. The first-order chi connectivity index (χ1) is 3.95. The molecule has 0 spiro atoms. The summed E-state index contributed by atoms with van der Waals surface area (Å²) in [7, 11) is 0. The Labute approximate surface area is 48.9 Å². The Kier molecular flexibility index (Phi) is 0.461. The molecule has 0 aliphatic carbocycles. The molecule has 3 atom stereocenters. The van der Waals surface area contributed by atoms with Crippen molar-refractivity contribution >= 4 is 0 Å². The number of hydrogen-bond acceptors (Lipinski definition) is 2. The lowest BCUT2D eigenvalue weighted by molar-refractivity contribution is -0.0478. The molecule has 0 aromatic rings. The van der Waals surface area contributed by atoms with Crippen molar-refractivity contribution in [3.63, 3.8) is 0 Å². The molecule has 8 heavy (non-hydrogen) atoms. The highest BCUT2D eigenvalue weighted by Crippen LogP contribution is 2.39. The summed E-state index contributed by atoms with van der Waals surface area (Å²) in [4.78, 5) is 2.56. The van der Waals surface area contributed by atoms with Crippen molar-refractivity contribution < 1.29 is 0 Å². The van der Waals surface area contributed by atoms with Gasteiger partial charge in [0.05, 0.1) is 0 Å². The van der Waals surface area contributed by atoms with Crippen LogP contribution in [-0.4, -0.2) is 36.6 Å². The molecule has 3 aliphatic rings. The van der Waals surface area contributed by atoms with E-state index in [1.165, 1.54) is 19.6 Å². The molecule has 2 heteroatoms. The maximum atomic E-state index is 3.51. The van der Waals surface area contributed by atoms with Gasteiger partial charge in [-0.1, -0.05) is 0 Å². The molecule has 44 valence electrons. The van der Waals surface area contributed by atoms with Crippen molar-refractivity contribution in [2.45, 2.75) is 12.1 Å². The van der Waals surface area contributed by atoms with E-state index in [1.807, 2.05) is 0 Å². The van der Waals surface area contributed by atoms with Gasteiger partial charge in [0.2, 0.25) is 0 Å². The summed E-state index contributed by atoms with van der Waals surface area (Å²) in [5, 5.41) is 3.51. The van der Waals surface area contributed by atoms with E-state index in [-0.39, 0.29) is 0 Å². The number of hydrogen-bond donors (Lipinski definition) is 1. The van der Waals surface area contributed by atoms with Gasteiger partial charge in [-0.05, 0) is 0 Å². The van der Waals surface area contributed by atoms with Crippen LogP contribution in [0, 0.1) is 5.92 Å². The minimum absolute atomic E-state index is 0.897. The Morgan fingerprint density at radius 2 is 2.38 bits per heavy atom. The van der Waals surface area contributed by atoms with Crippen LogP contribution in [0.15, 0.2) is 0 Å². The highest BCUT2D eigenvalue weighted by atomic mass is 15.4. The van der Waals surface area contributed by atoms with Crippen LogP contribution < -0.4 is 5.32 Å².